The van der Waals surface area contributed by atoms with Crippen molar-refractivity contribution in [1.29, 1.82) is 0 Å². The lowest BCUT2D eigenvalue weighted by atomic mass is 9.94. The summed E-state index contributed by atoms with van der Waals surface area (Å²) in [5.74, 6) is 0.472. The lowest BCUT2D eigenvalue weighted by molar-refractivity contribution is -0.129. The van der Waals surface area contributed by atoms with Crippen LogP contribution in [0.15, 0.2) is 36.4 Å². The number of amides is 2. The molecular formula is C22H28N2O4S2. The first-order chi connectivity index (χ1) is 14.4. The molecule has 0 bridgehead atoms. The SMILES string of the molecule is CC(C)OCC(=O)Nc1cccc(-c2ccc([C@@]3(CC(=O)NO)CCCCS3)s2)c1. The first-order valence-electron chi connectivity index (χ1n) is 10.1. The van der Waals surface area contributed by atoms with Gasteiger partial charge in [0.2, 0.25) is 11.8 Å². The van der Waals surface area contributed by atoms with E-state index in [0.717, 1.165) is 46.0 Å². The second-order valence-corrected chi connectivity index (χ2v) is 10.2. The Bertz CT molecular complexity index is 876. The highest BCUT2D eigenvalue weighted by Gasteiger charge is 2.38. The summed E-state index contributed by atoms with van der Waals surface area (Å²) >= 11 is 3.47. The summed E-state index contributed by atoms with van der Waals surface area (Å²) in [5, 5.41) is 11.9. The van der Waals surface area contributed by atoms with Gasteiger partial charge in [0.15, 0.2) is 0 Å². The van der Waals surface area contributed by atoms with Gasteiger partial charge in [-0.25, -0.2) is 5.48 Å². The molecule has 1 fully saturated rings. The zero-order valence-corrected chi connectivity index (χ0v) is 18.9. The summed E-state index contributed by atoms with van der Waals surface area (Å²) in [7, 11) is 0. The predicted molar refractivity (Wildman–Crippen MR) is 122 cm³/mol. The van der Waals surface area contributed by atoms with Gasteiger partial charge in [0.25, 0.3) is 0 Å². The number of benzene rings is 1. The number of hydrogen-bond acceptors (Lipinski definition) is 6. The molecule has 1 aliphatic rings. The van der Waals surface area contributed by atoms with Gasteiger partial charge in [-0.3, -0.25) is 14.8 Å². The Balaban J connectivity index is 1.78. The molecule has 2 heterocycles. The molecule has 1 atom stereocenters. The summed E-state index contributed by atoms with van der Waals surface area (Å²) < 4.78 is 5.05. The molecule has 30 heavy (non-hydrogen) atoms. The molecule has 1 aromatic heterocycles. The van der Waals surface area contributed by atoms with E-state index in [-0.39, 0.29) is 35.7 Å². The van der Waals surface area contributed by atoms with Crippen molar-refractivity contribution in [3.05, 3.63) is 41.3 Å². The number of thioether (sulfide) groups is 1. The highest BCUT2D eigenvalue weighted by molar-refractivity contribution is 8.00. The second-order valence-electron chi connectivity index (χ2n) is 7.66. The van der Waals surface area contributed by atoms with Gasteiger partial charge in [0, 0.05) is 21.9 Å². The maximum atomic E-state index is 12.1. The number of rotatable bonds is 8. The van der Waals surface area contributed by atoms with E-state index in [4.69, 9.17) is 9.94 Å². The van der Waals surface area contributed by atoms with Crippen molar-refractivity contribution in [3.8, 4) is 10.4 Å². The van der Waals surface area contributed by atoms with Crippen molar-refractivity contribution in [2.24, 2.45) is 0 Å². The lowest BCUT2D eigenvalue weighted by Crippen LogP contribution is -2.32. The predicted octanol–water partition coefficient (Wildman–Crippen LogP) is 4.79. The van der Waals surface area contributed by atoms with Gasteiger partial charge in [-0.05, 0) is 62.3 Å². The van der Waals surface area contributed by atoms with Crippen molar-refractivity contribution in [1.82, 2.24) is 5.48 Å². The fourth-order valence-corrected chi connectivity index (χ4v) is 6.39. The van der Waals surface area contributed by atoms with Gasteiger partial charge in [-0.2, -0.15) is 0 Å². The van der Waals surface area contributed by atoms with Crippen LogP contribution in [0.25, 0.3) is 10.4 Å². The number of carbonyl (C=O) groups is 2. The van der Waals surface area contributed by atoms with Gasteiger partial charge in [0.05, 0.1) is 10.9 Å². The quantitative estimate of drug-likeness (QED) is 0.399. The average Bonchev–Trinajstić information content (AvgIpc) is 3.24. The molecule has 3 rings (SSSR count). The van der Waals surface area contributed by atoms with Crippen LogP contribution >= 0.6 is 23.1 Å². The molecule has 1 aliphatic heterocycles. The topological polar surface area (TPSA) is 87.7 Å². The first kappa shape index (κ1) is 22.8. The molecule has 162 valence electrons. The molecule has 0 spiro atoms. The normalized spacial score (nSPS) is 18.9. The Kier molecular flexibility index (Phi) is 7.93. The third-order valence-corrected chi connectivity index (χ3v) is 8.04. The number of nitrogens with one attached hydrogen (secondary N) is 2. The van der Waals surface area contributed by atoms with E-state index < -0.39 is 0 Å². The zero-order valence-electron chi connectivity index (χ0n) is 17.3. The first-order valence-corrected chi connectivity index (χ1v) is 11.9. The van der Waals surface area contributed by atoms with E-state index in [1.165, 1.54) is 0 Å². The Morgan fingerprint density at radius 2 is 2.03 bits per heavy atom. The highest BCUT2D eigenvalue weighted by atomic mass is 32.2. The molecule has 3 N–H and O–H groups in total. The number of carbonyl (C=O) groups excluding carboxylic acids is 2. The Morgan fingerprint density at radius 1 is 1.20 bits per heavy atom. The van der Waals surface area contributed by atoms with Gasteiger partial charge >= 0.3 is 0 Å². The van der Waals surface area contributed by atoms with Crippen LogP contribution in [0.4, 0.5) is 5.69 Å². The third kappa shape index (κ3) is 5.85. The molecule has 2 amide bonds. The number of hydrogen-bond donors (Lipinski definition) is 3. The Labute approximate surface area is 185 Å². The van der Waals surface area contributed by atoms with Gasteiger partial charge in [-0.1, -0.05) is 18.6 Å². The molecule has 6 nitrogen and oxygen atoms in total. The van der Waals surface area contributed by atoms with E-state index in [1.54, 1.807) is 28.6 Å². The monoisotopic (exact) mass is 448 g/mol. The molecule has 0 saturated carbocycles. The van der Waals surface area contributed by atoms with Crippen LogP contribution < -0.4 is 10.8 Å². The summed E-state index contributed by atoms with van der Waals surface area (Å²) in [6, 6.07) is 11.9. The van der Waals surface area contributed by atoms with Gasteiger partial charge in [-0.15, -0.1) is 23.1 Å². The fourth-order valence-electron chi connectivity index (χ4n) is 3.50. The summed E-state index contributed by atoms with van der Waals surface area (Å²) in [6.45, 7) is 3.81. The lowest BCUT2D eigenvalue weighted by Gasteiger charge is -2.35. The number of hydroxylamine groups is 1. The minimum Gasteiger partial charge on any atom is -0.369 e. The largest absolute Gasteiger partial charge is 0.369 e. The summed E-state index contributed by atoms with van der Waals surface area (Å²) in [5.41, 5.74) is 3.52. The van der Waals surface area contributed by atoms with Crippen LogP contribution in [0.5, 0.6) is 0 Å². The maximum Gasteiger partial charge on any atom is 0.250 e. The standard InChI is InChI=1S/C22H28N2O4S2/c1-15(2)28-14-21(26)23-17-7-5-6-16(12-17)18-8-9-19(30-18)22(13-20(25)24-27)10-3-4-11-29-22/h5-9,12,15,27H,3-4,10-11,13-14H2,1-2H3,(H,23,26)(H,24,25)/t22-/m0/s1. The van der Waals surface area contributed by atoms with Crippen molar-refractivity contribution in [2.45, 2.75) is 50.4 Å². The maximum absolute atomic E-state index is 12.1. The van der Waals surface area contributed by atoms with Crippen LogP contribution in [0.3, 0.4) is 0 Å². The van der Waals surface area contributed by atoms with Gasteiger partial charge in [0.1, 0.15) is 6.61 Å². The van der Waals surface area contributed by atoms with Crippen LogP contribution in [-0.2, 0) is 19.1 Å². The Morgan fingerprint density at radius 3 is 2.73 bits per heavy atom. The van der Waals surface area contributed by atoms with E-state index in [9.17, 15) is 9.59 Å². The van der Waals surface area contributed by atoms with Gasteiger partial charge < -0.3 is 10.1 Å². The third-order valence-electron chi connectivity index (χ3n) is 4.96. The average molecular weight is 449 g/mol. The number of ether oxygens (including phenoxy) is 1. The van der Waals surface area contributed by atoms with E-state index >= 15 is 0 Å². The van der Waals surface area contributed by atoms with E-state index in [2.05, 4.69) is 17.4 Å². The minimum atomic E-state index is -0.354. The van der Waals surface area contributed by atoms with Crippen LogP contribution in [-0.4, -0.2) is 35.5 Å². The molecule has 8 heteroatoms. The molecule has 1 saturated heterocycles. The molecular weight excluding hydrogens is 420 g/mol. The van der Waals surface area contributed by atoms with E-state index in [0.29, 0.717) is 0 Å². The molecule has 1 aromatic carbocycles. The molecule has 2 aromatic rings. The minimum absolute atomic E-state index is 0.00418. The summed E-state index contributed by atoms with van der Waals surface area (Å²) in [4.78, 5) is 26.2. The van der Waals surface area contributed by atoms with Crippen molar-refractivity contribution in [2.75, 3.05) is 17.7 Å². The van der Waals surface area contributed by atoms with Crippen LogP contribution in [0.1, 0.15) is 44.4 Å². The number of thiophene rings is 1. The smallest absolute Gasteiger partial charge is 0.250 e. The van der Waals surface area contributed by atoms with E-state index in [1.807, 2.05) is 38.1 Å². The van der Waals surface area contributed by atoms with Crippen molar-refractivity contribution in [3.63, 3.8) is 0 Å². The second kappa shape index (κ2) is 10.4. The fraction of sp³-hybridized carbons (Fsp3) is 0.455. The van der Waals surface area contributed by atoms with Crippen LogP contribution in [0.2, 0.25) is 0 Å². The van der Waals surface area contributed by atoms with Crippen LogP contribution in [0, 0.1) is 0 Å². The van der Waals surface area contributed by atoms with Crippen molar-refractivity contribution >= 4 is 40.6 Å². The summed E-state index contributed by atoms with van der Waals surface area (Å²) in [6.07, 6.45) is 3.40. The Hall–Kier alpha value is -1.87. The molecule has 0 radical (unpaired) electrons. The molecule has 0 unspecified atom stereocenters. The van der Waals surface area contributed by atoms with Crippen molar-refractivity contribution < 1.29 is 19.5 Å². The molecule has 0 aliphatic carbocycles. The highest BCUT2D eigenvalue weighted by Crippen LogP contribution is 2.50. The zero-order chi connectivity index (χ0) is 21.6. The number of anilines is 1.